The van der Waals surface area contributed by atoms with Crippen LogP contribution in [-0.4, -0.2) is 28.5 Å². The molecule has 6 heteroatoms. The van der Waals surface area contributed by atoms with Gasteiger partial charge in [0.15, 0.2) is 0 Å². The standard InChI is InChI=1S/C20H22ClN5/c1-14-4-5-17(12-18(14)21)25-19-13-20(24-15(2)23-19)26(3)11-8-16-6-9-22-10-7-16/h4-7,9-10,12-13H,8,11H2,1-3H3,(H,23,24,25). The third-order valence-electron chi connectivity index (χ3n) is 4.15. The zero-order valence-corrected chi connectivity index (χ0v) is 16.0. The summed E-state index contributed by atoms with van der Waals surface area (Å²) in [7, 11) is 2.04. The highest BCUT2D eigenvalue weighted by Gasteiger charge is 2.08. The highest BCUT2D eigenvalue weighted by molar-refractivity contribution is 6.31. The molecule has 0 fully saturated rings. The molecule has 2 heterocycles. The fourth-order valence-electron chi connectivity index (χ4n) is 2.59. The van der Waals surface area contributed by atoms with Gasteiger partial charge in [-0.15, -0.1) is 0 Å². The van der Waals surface area contributed by atoms with E-state index in [1.165, 1.54) is 5.56 Å². The predicted molar refractivity (Wildman–Crippen MR) is 107 cm³/mol. The third kappa shape index (κ3) is 4.70. The quantitative estimate of drug-likeness (QED) is 0.691. The molecule has 26 heavy (non-hydrogen) atoms. The van der Waals surface area contributed by atoms with Crippen LogP contribution >= 0.6 is 11.6 Å². The van der Waals surface area contributed by atoms with Crippen molar-refractivity contribution in [3.8, 4) is 0 Å². The van der Waals surface area contributed by atoms with Crippen molar-refractivity contribution in [3.63, 3.8) is 0 Å². The van der Waals surface area contributed by atoms with Gasteiger partial charge in [0.05, 0.1) is 0 Å². The molecule has 0 saturated heterocycles. The Morgan fingerprint density at radius 3 is 2.54 bits per heavy atom. The van der Waals surface area contributed by atoms with Crippen LogP contribution in [0.4, 0.5) is 17.3 Å². The first-order valence-electron chi connectivity index (χ1n) is 8.50. The number of halogens is 1. The second-order valence-corrected chi connectivity index (χ2v) is 6.68. The van der Waals surface area contributed by atoms with E-state index in [1.807, 2.05) is 69.7 Å². The van der Waals surface area contributed by atoms with Gasteiger partial charge in [-0.25, -0.2) is 9.97 Å². The maximum Gasteiger partial charge on any atom is 0.136 e. The minimum atomic E-state index is 0.721. The van der Waals surface area contributed by atoms with Gasteiger partial charge in [-0.3, -0.25) is 4.98 Å². The van der Waals surface area contributed by atoms with Gasteiger partial charge in [-0.05, 0) is 55.7 Å². The first-order valence-corrected chi connectivity index (χ1v) is 8.88. The van der Waals surface area contributed by atoms with Crippen molar-refractivity contribution >= 4 is 28.9 Å². The molecule has 0 aliphatic carbocycles. The van der Waals surface area contributed by atoms with Gasteiger partial charge < -0.3 is 10.2 Å². The summed E-state index contributed by atoms with van der Waals surface area (Å²) in [5, 5.41) is 4.04. The highest BCUT2D eigenvalue weighted by atomic mass is 35.5. The molecule has 134 valence electrons. The lowest BCUT2D eigenvalue weighted by atomic mass is 10.2. The molecule has 1 N–H and O–H groups in total. The van der Waals surface area contributed by atoms with Crippen LogP contribution in [0.25, 0.3) is 0 Å². The van der Waals surface area contributed by atoms with E-state index in [0.29, 0.717) is 0 Å². The summed E-state index contributed by atoms with van der Waals surface area (Å²) in [5.74, 6) is 2.36. The lowest BCUT2D eigenvalue weighted by molar-refractivity contribution is 0.848. The Hall–Kier alpha value is -2.66. The molecule has 0 amide bonds. The number of anilines is 3. The summed E-state index contributed by atoms with van der Waals surface area (Å²) in [6, 6.07) is 11.9. The maximum atomic E-state index is 6.21. The summed E-state index contributed by atoms with van der Waals surface area (Å²) in [6.45, 7) is 4.74. The number of pyridine rings is 1. The number of rotatable bonds is 6. The van der Waals surface area contributed by atoms with Gasteiger partial charge in [0.25, 0.3) is 0 Å². The second-order valence-electron chi connectivity index (χ2n) is 6.27. The molecular weight excluding hydrogens is 346 g/mol. The molecule has 0 saturated carbocycles. The van der Waals surface area contributed by atoms with Crippen LogP contribution in [0.1, 0.15) is 17.0 Å². The molecule has 0 aliphatic rings. The molecule has 0 bridgehead atoms. The van der Waals surface area contributed by atoms with Crippen molar-refractivity contribution in [2.75, 3.05) is 23.8 Å². The molecule has 1 aromatic carbocycles. The van der Waals surface area contributed by atoms with Crippen LogP contribution in [-0.2, 0) is 6.42 Å². The lowest BCUT2D eigenvalue weighted by Crippen LogP contribution is -2.22. The Morgan fingerprint density at radius 1 is 1.04 bits per heavy atom. The lowest BCUT2D eigenvalue weighted by Gasteiger charge is -2.19. The van der Waals surface area contributed by atoms with Gasteiger partial charge in [0.1, 0.15) is 17.5 Å². The van der Waals surface area contributed by atoms with Crippen LogP contribution in [0.2, 0.25) is 5.02 Å². The number of benzene rings is 1. The Balaban J connectivity index is 1.73. The molecule has 0 radical (unpaired) electrons. The molecule has 3 rings (SSSR count). The normalized spacial score (nSPS) is 10.6. The van der Waals surface area contributed by atoms with E-state index in [-0.39, 0.29) is 0 Å². The molecule has 3 aromatic rings. The van der Waals surface area contributed by atoms with Gasteiger partial charge in [-0.2, -0.15) is 0 Å². The molecule has 0 aliphatic heterocycles. The van der Waals surface area contributed by atoms with E-state index in [9.17, 15) is 0 Å². The first kappa shape index (κ1) is 18.1. The highest BCUT2D eigenvalue weighted by Crippen LogP contribution is 2.24. The molecule has 0 atom stereocenters. The van der Waals surface area contributed by atoms with Gasteiger partial charge >= 0.3 is 0 Å². The van der Waals surface area contributed by atoms with Gasteiger partial charge in [-0.1, -0.05) is 17.7 Å². The summed E-state index contributed by atoms with van der Waals surface area (Å²) in [5.41, 5.74) is 3.21. The number of aryl methyl sites for hydroxylation is 2. The van der Waals surface area contributed by atoms with E-state index >= 15 is 0 Å². The van der Waals surface area contributed by atoms with Crippen molar-refractivity contribution in [3.05, 3.63) is 70.8 Å². The summed E-state index contributed by atoms with van der Waals surface area (Å²) in [6.07, 6.45) is 4.57. The number of hydrogen-bond acceptors (Lipinski definition) is 5. The maximum absolute atomic E-state index is 6.21. The predicted octanol–water partition coefficient (Wildman–Crippen LogP) is 4.56. The Bertz CT molecular complexity index is 883. The number of likely N-dealkylation sites (N-methyl/N-ethyl adjacent to an activating group) is 1. The van der Waals surface area contributed by atoms with E-state index < -0.39 is 0 Å². The SMILES string of the molecule is Cc1nc(Nc2ccc(C)c(Cl)c2)cc(N(C)CCc2ccncc2)n1. The van der Waals surface area contributed by atoms with Crippen molar-refractivity contribution < 1.29 is 0 Å². The Labute approximate surface area is 159 Å². The fraction of sp³-hybridized carbons (Fsp3) is 0.250. The van der Waals surface area contributed by atoms with Crippen LogP contribution in [0.3, 0.4) is 0 Å². The van der Waals surface area contributed by atoms with E-state index in [2.05, 4.69) is 25.2 Å². The van der Waals surface area contributed by atoms with Crippen LogP contribution in [0, 0.1) is 13.8 Å². The summed E-state index contributed by atoms with van der Waals surface area (Å²) >= 11 is 6.21. The molecule has 2 aromatic heterocycles. The number of hydrogen-bond donors (Lipinski definition) is 1. The van der Waals surface area contributed by atoms with Gasteiger partial charge in [0.2, 0.25) is 0 Å². The van der Waals surface area contributed by atoms with Gasteiger partial charge in [0, 0.05) is 42.8 Å². The van der Waals surface area contributed by atoms with Crippen molar-refractivity contribution in [2.45, 2.75) is 20.3 Å². The zero-order chi connectivity index (χ0) is 18.5. The topological polar surface area (TPSA) is 53.9 Å². The third-order valence-corrected chi connectivity index (χ3v) is 4.55. The Kier molecular flexibility index (Phi) is 5.68. The monoisotopic (exact) mass is 367 g/mol. The van der Waals surface area contributed by atoms with Crippen LogP contribution in [0.5, 0.6) is 0 Å². The average Bonchev–Trinajstić information content (AvgIpc) is 2.63. The average molecular weight is 368 g/mol. The molecular formula is C20H22ClN5. The fourth-order valence-corrected chi connectivity index (χ4v) is 2.77. The minimum absolute atomic E-state index is 0.721. The summed E-state index contributed by atoms with van der Waals surface area (Å²) < 4.78 is 0. The molecule has 0 spiro atoms. The number of nitrogens with one attached hydrogen (secondary N) is 1. The van der Waals surface area contributed by atoms with Crippen molar-refractivity contribution in [1.82, 2.24) is 15.0 Å². The van der Waals surface area contributed by atoms with Crippen LogP contribution in [0.15, 0.2) is 48.8 Å². The van der Waals surface area contributed by atoms with Crippen molar-refractivity contribution in [2.24, 2.45) is 0 Å². The Morgan fingerprint density at radius 2 is 1.81 bits per heavy atom. The largest absolute Gasteiger partial charge is 0.359 e. The van der Waals surface area contributed by atoms with E-state index in [4.69, 9.17) is 11.6 Å². The molecule has 0 unspecified atom stereocenters. The summed E-state index contributed by atoms with van der Waals surface area (Å²) in [4.78, 5) is 15.2. The van der Waals surface area contributed by atoms with E-state index in [1.54, 1.807) is 0 Å². The second kappa shape index (κ2) is 8.15. The zero-order valence-electron chi connectivity index (χ0n) is 15.2. The number of aromatic nitrogens is 3. The smallest absolute Gasteiger partial charge is 0.136 e. The minimum Gasteiger partial charge on any atom is -0.359 e. The van der Waals surface area contributed by atoms with Crippen LogP contribution < -0.4 is 10.2 Å². The van der Waals surface area contributed by atoms with Crippen molar-refractivity contribution in [1.29, 1.82) is 0 Å². The first-order chi connectivity index (χ1) is 12.5. The number of nitrogens with zero attached hydrogens (tertiary/aromatic N) is 4. The van der Waals surface area contributed by atoms with E-state index in [0.717, 1.165) is 46.7 Å². The molecule has 5 nitrogen and oxygen atoms in total.